The van der Waals surface area contributed by atoms with Crippen molar-refractivity contribution in [3.63, 3.8) is 0 Å². The van der Waals surface area contributed by atoms with Gasteiger partial charge in [0.05, 0.1) is 13.7 Å². The lowest BCUT2D eigenvalue weighted by Gasteiger charge is -2.11. The van der Waals surface area contributed by atoms with Crippen molar-refractivity contribution in [3.8, 4) is 0 Å². The molecule has 0 aliphatic carbocycles. The number of rotatable bonds is 4. The van der Waals surface area contributed by atoms with E-state index in [0.717, 1.165) is 7.11 Å². The van der Waals surface area contributed by atoms with Gasteiger partial charge in [-0.3, -0.25) is 0 Å². The molecule has 0 saturated carbocycles. The van der Waals surface area contributed by atoms with Gasteiger partial charge in [-0.1, -0.05) is 0 Å². The quantitative estimate of drug-likeness (QED) is 0.529. The normalized spacial score (nSPS) is 13.5. The van der Waals surface area contributed by atoms with Gasteiger partial charge in [0.15, 0.2) is 0 Å². The monoisotopic (exact) mass is 212 g/mol. The Morgan fingerprint density at radius 3 is 2.54 bits per heavy atom. The molecule has 0 bridgehead atoms. The summed E-state index contributed by atoms with van der Waals surface area (Å²) in [5.41, 5.74) is 0. The third kappa shape index (κ3) is 5.39. The minimum atomic E-state index is -3.94. The van der Waals surface area contributed by atoms with Crippen LogP contribution in [-0.4, -0.2) is 39.4 Å². The van der Waals surface area contributed by atoms with E-state index in [0.29, 0.717) is 0 Å². The molecule has 0 spiro atoms. The summed E-state index contributed by atoms with van der Waals surface area (Å²) in [6.07, 6.45) is -1.09. The van der Waals surface area contributed by atoms with Crippen molar-refractivity contribution in [2.45, 2.75) is 13.0 Å². The lowest BCUT2D eigenvalue weighted by molar-refractivity contribution is 0.177. The predicted octanol–water partition coefficient (Wildman–Crippen LogP) is -1.44. The third-order valence-corrected chi connectivity index (χ3v) is 2.18. The van der Waals surface area contributed by atoms with Crippen LogP contribution in [0, 0.1) is 0 Å². The van der Waals surface area contributed by atoms with Crippen molar-refractivity contribution in [2.75, 3.05) is 13.7 Å². The Morgan fingerprint density at radius 2 is 2.15 bits per heavy atom. The second-order valence-electron chi connectivity index (χ2n) is 2.30. The van der Waals surface area contributed by atoms with Gasteiger partial charge in [-0.05, 0) is 6.92 Å². The molecule has 0 fully saturated rings. The first-order chi connectivity index (χ1) is 5.91. The summed E-state index contributed by atoms with van der Waals surface area (Å²) in [7, 11) is -2.90. The summed E-state index contributed by atoms with van der Waals surface area (Å²) in [5.74, 6) is 0. The molecule has 1 amide bonds. The summed E-state index contributed by atoms with van der Waals surface area (Å²) in [4.78, 5) is 10.5. The Balaban J connectivity index is 4.17. The van der Waals surface area contributed by atoms with Crippen molar-refractivity contribution in [2.24, 2.45) is 0 Å². The number of carbonyl (C=O) groups is 1. The first-order valence-electron chi connectivity index (χ1n) is 3.40. The highest BCUT2D eigenvalue weighted by atomic mass is 32.2. The fraction of sp³-hybridized carbons (Fsp3) is 0.800. The number of ether oxygens (including phenoxy) is 1. The van der Waals surface area contributed by atoms with E-state index >= 15 is 0 Å². The molecule has 0 radical (unpaired) electrons. The maximum Gasteiger partial charge on any atom is 0.421 e. The Labute approximate surface area is 76.3 Å². The van der Waals surface area contributed by atoms with Crippen LogP contribution in [0.5, 0.6) is 0 Å². The SMILES string of the molecule is COC(=O)NS(=O)(=O)N[C@H](C)CO. The minimum Gasteiger partial charge on any atom is -0.452 e. The van der Waals surface area contributed by atoms with E-state index in [2.05, 4.69) is 4.74 Å². The van der Waals surface area contributed by atoms with E-state index in [4.69, 9.17) is 5.11 Å². The fourth-order valence-corrected chi connectivity index (χ4v) is 1.45. The zero-order valence-corrected chi connectivity index (χ0v) is 8.09. The van der Waals surface area contributed by atoms with Crippen molar-refractivity contribution in [1.29, 1.82) is 0 Å². The van der Waals surface area contributed by atoms with Crippen LogP contribution in [-0.2, 0) is 14.9 Å². The van der Waals surface area contributed by atoms with Gasteiger partial charge < -0.3 is 9.84 Å². The van der Waals surface area contributed by atoms with Crippen LogP contribution in [0.3, 0.4) is 0 Å². The lowest BCUT2D eigenvalue weighted by Crippen LogP contribution is -2.45. The Kier molecular flexibility index (Phi) is 4.67. The molecular formula is C5H12N2O5S. The Bertz CT molecular complexity index is 262. The van der Waals surface area contributed by atoms with Gasteiger partial charge in [-0.2, -0.15) is 13.1 Å². The van der Waals surface area contributed by atoms with Gasteiger partial charge in [0.2, 0.25) is 0 Å². The molecule has 0 aliphatic rings. The summed E-state index contributed by atoms with van der Waals surface area (Å²) in [6, 6.07) is -0.665. The minimum absolute atomic E-state index is 0.359. The first kappa shape index (κ1) is 12.1. The molecule has 1 atom stereocenters. The van der Waals surface area contributed by atoms with Gasteiger partial charge in [-0.25, -0.2) is 9.52 Å². The second-order valence-corrected chi connectivity index (χ2v) is 3.75. The number of aliphatic hydroxyl groups excluding tert-OH is 1. The summed E-state index contributed by atoms with van der Waals surface area (Å²) < 4.78 is 29.5. The van der Waals surface area contributed by atoms with Crippen LogP contribution >= 0.6 is 0 Å². The number of hydrogen-bond donors (Lipinski definition) is 3. The number of nitrogens with one attached hydrogen (secondary N) is 2. The topological polar surface area (TPSA) is 105 Å². The van der Waals surface area contributed by atoms with Gasteiger partial charge in [-0.15, -0.1) is 0 Å². The van der Waals surface area contributed by atoms with Crippen LogP contribution in [0.25, 0.3) is 0 Å². The predicted molar refractivity (Wildman–Crippen MR) is 44.1 cm³/mol. The number of carbonyl (C=O) groups excluding carboxylic acids is 1. The number of amides is 1. The van der Waals surface area contributed by atoms with Gasteiger partial charge in [0, 0.05) is 6.04 Å². The second kappa shape index (κ2) is 5.00. The fourth-order valence-electron chi connectivity index (χ4n) is 0.483. The molecule has 0 aromatic rings. The molecule has 8 heteroatoms. The van der Waals surface area contributed by atoms with Gasteiger partial charge >= 0.3 is 16.3 Å². The highest BCUT2D eigenvalue weighted by molar-refractivity contribution is 7.88. The van der Waals surface area contributed by atoms with Gasteiger partial charge in [0.25, 0.3) is 0 Å². The zero-order valence-electron chi connectivity index (χ0n) is 7.27. The standard InChI is InChI=1S/C5H12N2O5S/c1-4(3-8)6-13(10,11)7-5(9)12-2/h4,6,8H,3H2,1-2H3,(H,7,9)/t4-/m1/s1. The largest absolute Gasteiger partial charge is 0.452 e. The first-order valence-corrected chi connectivity index (χ1v) is 4.88. The highest BCUT2D eigenvalue weighted by Gasteiger charge is 2.16. The Morgan fingerprint density at radius 1 is 1.62 bits per heavy atom. The molecule has 7 nitrogen and oxygen atoms in total. The number of methoxy groups -OCH3 is 1. The summed E-state index contributed by atoms with van der Waals surface area (Å²) in [6.45, 7) is 1.08. The van der Waals surface area contributed by atoms with E-state index < -0.39 is 22.3 Å². The lowest BCUT2D eigenvalue weighted by atomic mass is 10.4. The molecule has 0 unspecified atom stereocenters. The Hall–Kier alpha value is -0.860. The smallest absolute Gasteiger partial charge is 0.421 e. The van der Waals surface area contributed by atoms with Crippen LogP contribution in [0.4, 0.5) is 4.79 Å². The summed E-state index contributed by atoms with van der Waals surface area (Å²) in [5, 5.41) is 8.52. The molecule has 0 aliphatic heterocycles. The molecule has 13 heavy (non-hydrogen) atoms. The van der Waals surface area contributed by atoms with Crippen molar-refractivity contribution < 1.29 is 23.1 Å². The average molecular weight is 212 g/mol. The summed E-state index contributed by atoms with van der Waals surface area (Å²) >= 11 is 0. The molecule has 78 valence electrons. The van der Waals surface area contributed by atoms with Crippen molar-refractivity contribution >= 4 is 16.3 Å². The van der Waals surface area contributed by atoms with Crippen molar-refractivity contribution in [3.05, 3.63) is 0 Å². The van der Waals surface area contributed by atoms with Crippen molar-refractivity contribution in [1.82, 2.24) is 9.44 Å². The highest BCUT2D eigenvalue weighted by Crippen LogP contribution is 1.85. The molecule has 0 aromatic carbocycles. The molecular weight excluding hydrogens is 200 g/mol. The van der Waals surface area contributed by atoms with E-state index in [1.807, 2.05) is 4.72 Å². The van der Waals surface area contributed by atoms with Crippen LogP contribution in [0.2, 0.25) is 0 Å². The average Bonchev–Trinajstić information content (AvgIpc) is 2.02. The van der Waals surface area contributed by atoms with E-state index in [9.17, 15) is 13.2 Å². The number of hydrogen-bond acceptors (Lipinski definition) is 5. The van der Waals surface area contributed by atoms with Crippen LogP contribution < -0.4 is 9.44 Å². The van der Waals surface area contributed by atoms with E-state index in [-0.39, 0.29) is 6.61 Å². The molecule has 0 aromatic heterocycles. The molecule has 3 N–H and O–H groups in total. The molecule has 0 heterocycles. The molecule has 0 saturated heterocycles. The zero-order chi connectivity index (χ0) is 10.5. The van der Waals surface area contributed by atoms with E-state index in [1.165, 1.54) is 6.92 Å². The maximum absolute atomic E-state index is 10.9. The third-order valence-electron chi connectivity index (χ3n) is 1.03. The van der Waals surface area contributed by atoms with E-state index in [1.54, 1.807) is 4.72 Å². The number of aliphatic hydroxyl groups is 1. The van der Waals surface area contributed by atoms with Gasteiger partial charge in [0.1, 0.15) is 0 Å². The van der Waals surface area contributed by atoms with Crippen LogP contribution in [0.15, 0.2) is 0 Å². The maximum atomic E-state index is 10.9. The van der Waals surface area contributed by atoms with Crippen LogP contribution in [0.1, 0.15) is 6.92 Å². The molecule has 0 rings (SSSR count).